The van der Waals surface area contributed by atoms with Crippen molar-refractivity contribution < 1.29 is 22.4 Å². The molecule has 26 heavy (non-hydrogen) atoms. The normalized spacial score (nSPS) is 15.7. The van der Waals surface area contributed by atoms with Gasteiger partial charge in [-0.15, -0.1) is 0 Å². The van der Waals surface area contributed by atoms with Gasteiger partial charge in [0.25, 0.3) is 0 Å². The van der Waals surface area contributed by atoms with Crippen molar-refractivity contribution in [1.29, 1.82) is 0 Å². The van der Waals surface area contributed by atoms with Crippen molar-refractivity contribution >= 4 is 44.8 Å². The second kappa shape index (κ2) is 7.38. The molecule has 0 aliphatic carbocycles. The Bertz CT molecular complexity index is 927. The predicted molar refractivity (Wildman–Crippen MR) is 96.4 cm³/mol. The molecule has 8 nitrogen and oxygen atoms in total. The van der Waals surface area contributed by atoms with E-state index < -0.39 is 21.8 Å². The maximum atomic E-state index is 11.9. The molecule has 0 radical (unpaired) electrons. The van der Waals surface area contributed by atoms with Crippen LogP contribution in [0, 0.1) is 0 Å². The lowest BCUT2D eigenvalue weighted by Crippen LogP contribution is -2.35. The summed E-state index contributed by atoms with van der Waals surface area (Å²) in [5.41, 5.74) is 0.637. The zero-order valence-electron chi connectivity index (χ0n) is 13.6. The summed E-state index contributed by atoms with van der Waals surface area (Å²) in [7, 11) is -3.32. The molecule has 1 saturated heterocycles. The molecule has 1 aliphatic heterocycles. The van der Waals surface area contributed by atoms with E-state index in [9.17, 15) is 18.0 Å². The van der Waals surface area contributed by atoms with Gasteiger partial charge in [-0.25, -0.2) is 8.42 Å². The van der Waals surface area contributed by atoms with Gasteiger partial charge < -0.3 is 15.1 Å². The molecule has 1 fully saturated rings. The smallest absolute Gasteiger partial charge is 0.313 e. The molecule has 0 bridgehead atoms. The molecule has 0 saturated carbocycles. The second-order valence-electron chi connectivity index (χ2n) is 5.62. The number of halogens is 1. The van der Waals surface area contributed by atoms with E-state index in [0.717, 1.165) is 0 Å². The number of hydrogen-bond acceptors (Lipinski definition) is 5. The zero-order chi connectivity index (χ0) is 18.7. The lowest BCUT2D eigenvalue weighted by atomic mass is 10.2. The van der Waals surface area contributed by atoms with Gasteiger partial charge in [-0.2, -0.15) is 0 Å². The molecule has 0 unspecified atom stereocenters. The van der Waals surface area contributed by atoms with Crippen LogP contribution in [0.5, 0.6) is 0 Å². The first-order chi connectivity index (χ1) is 12.4. The standard InChI is InChI=1S/C16H16ClN3O5S/c17-13-9-11(20-6-2-8-26(20,23)24)4-5-14(13)19-16(22)15(21)18-10-12-3-1-7-25-12/h1,3-5,7,9H,2,6,8,10H2,(H,18,21)(H,19,22). The molecule has 2 aromatic rings. The first-order valence-electron chi connectivity index (χ1n) is 7.78. The van der Waals surface area contributed by atoms with E-state index in [1.807, 2.05) is 0 Å². The number of nitrogens with zero attached hydrogens (tertiary/aromatic N) is 1. The van der Waals surface area contributed by atoms with Crippen molar-refractivity contribution in [2.75, 3.05) is 21.9 Å². The second-order valence-corrected chi connectivity index (χ2v) is 8.04. The Morgan fingerprint density at radius 2 is 2.04 bits per heavy atom. The molecule has 0 atom stereocenters. The topological polar surface area (TPSA) is 109 Å². The number of rotatable bonds is 4. The molecule has 2 amide bonds. The first-order valence-corrected chi connectivity index (χ1v) is 9.77. The first kappa shape index (κ1) is 18.3. The van der Waals surface area contributed by atoms with Crippen LogP contribution >= 0.6 is 11.6 Å². The number of nitrogens with one attached hydrogen (secondary N) is 2. The molecule has 0 spiro atoms. The Morgan fingerprint density at radius 1 is 1.23 bits per heavy atom. The molecule has 1 aliphatic rings. The summed E-state index contributed by atoms with van der Waals surface area (Å²) in [5.74, 6) is -1.12. The molecule has 2 heterocycles. The summed E-state index contributed by atoms with van der Waals surface area (Å²) in [6.07, 6.45) is 2.01. The van der Waals surface area contributed by atoms with E-state index in [0.29, 0.717) is 24.4 Å². The number of anilines is 2. The number of hydrogen-bond donors (Lipinski definition) is 2. The van der Waals surface area contributed by atoms with Crippen molar-refractivity contribution in [3.05, 3.63) is 47.4 Å². The number of furan rings is 1. The Morgan fingerprint density at radius 3 is 2.65 bits per heavy atom. The van der Waals surface area contributed by atoms with Gasteiger partial charge in [-0.1, -0.05) is 11.6 Å². The third-order valence-corrected chi connectivity index (χ3v) is 5.98. The van der Waals surface area contributed by atoms with Crippen LogP contribution in [-0.2, 0) is 26.2 Å². The average molecular weight is 398 g/mol. The van der Waals surface area contributed by atoms with E-state index >= 15 is 0 Å². The molecular weight excluding hydrogens is 382 g/mol. The van der Waals surface area contributed by atoms with E-state index in [1.54, 1.807) is 12.1 Å². The van der Waals surface area contributed by atoms with Gasteiger partial charge in [0.2, 0.25) is 10.0 Å². The van der Waals surface area contributed by atoms with Gasteiger partial charge in [0, 0.05) is 6.54 Å². The summed E-state index contributed by atoms with van der Waals surface area (Å²) in [6.45, 7) is 0.471. The maximum Gasteiger partial charge on any atom is 0.313 e. The number of amides is 2. The van der Waals surface area contributed by atoms with Gasteiger partial charge in [0.1, 0.15) is 5.76 Å². The minimum absolute atomic E-state index is 0.0821. The Labute approximate surface area is 155 Å². The summed E-state index contributed by atoms with van der Waals surface area (Å²) in [5, 5.41) is 4.95. The summed E-state index contributed by atoms with van der Waals surface area (Å²) in [4.78, 5) is 23.8. The monoisotopic (exact) mass is 397 g/mol. The molecule has 3 rings (SSSR count). The van der Waals surface area contributed by atoms with E-state index in [-0.39, 0.29) is 23.0 Å². The van der Waals surface area contributed by atoms with Crippen LogP contribution in [0.4, 0.5) is 11.4 Å². The average Bonchev–Trinajstić information content (AvgIpc) is 3.23. The predicted octanol–water partition coefficient (Wildman–Crippen LogP) is 1.73. The Hall–Kier alpha value is -2.52. The van der Waals surface area contributed by atoms with Crippen LogP contribution in [0.2, 0.25) is 5.02 Å². The molecule has 1 aromatic heterocycles. The van der Waals surface area contributed by atoms with Gasteiger partial charge >= 0.3 is 11.8 Å². The van der Waals surface area contributed by atoms with Crippen LogP contribution in [0.25, 0.3) is 0 Å². The van der Waals surface area contributed by atoms with Crippen molar-refractivity contribution in [1.82, 2.24) is 5.32 Å². The van der Waals surface area contributed by atoms with Crippen LogP contribution in [0.15, 0.2) is 41.0 Å². The van der Waals surface area contributed by atoms with E-state index in [4.69, 9.17) is 16.0 Å². The fourth-order valence-electron chi connectivity index (χ4n) is 2.53. The van der Waals surface area contributed by atoms with Gasteiger partial charge in [-0.3, -0.25) is 13.9 Å². The van der Waals surface area contributed by atoms with Crippen molar-refractivity contribution in [3.63, 3.8) is 0 Å². The quantitative estimate of drug-likeness (QED) is 0.763. The lowest BCUT2D eigenvalue weighted by Gasteiger charge is -2.18. The Kier molecular flexibility index (Phi) is 5.19. The fraction of sp³-hybridized carbons (Fsp3) is 0.250. The van der Waals surface area contributed by atoms with Crippen LogP contribution in [0.1, 0.15) is 12.2 Å². The highest BCUT2D eigenvalue weighted by atomic mass is 35.5. The SMILES string of the molecule is O=C(NCc1ccco1)C(=O)Nc1ccc(N2CCCS2(=O)=O)cc1Cl. The highest BCUT2D eigenvalue weighted by Crippen LogP contribution is 2.31. The van der Waals surface area contributed by atoms with Crippen molar-refractivity contribution in [2.24, 2.45) is 0 Å². The highest BCUT2D eigenvalue weighted by molar-refractivity contribution is 7.93. The molecular formula is C16H16ClN3O5S. The third kappa shape index (κ3) is 4.00. The van der Waals surface area contributed by atoms with Gasteiger partial charge in [0.05, 0.1) is 35.0 Å². The maximum absolute atomic E-state index is 11.9. The van der Waals surface area contributed by atoms with Gasteiger partial charge in [0.15, 0.2) is 0 Å². The number of carbonyl (C=O) groups is 2. The largest absolute Gasteiger partial charge is 0.467 e. The van der Waals surface area contributed by atoms with E-state index in [2.05, 4.69) is 10.6 Å². The van der Waals surface area contributed by atoms with Gasteiger partial charge in [-0.05, 0) is 36.8 Å². The molecule has 2 N–H and O–H groups in total. The van der Waals surface area contributed by atoms with E-state index in [1.165, 1.54) is 28.8 Å². The lowest BCUT2D eigenvalue weighted by molar-refractivity contribution is -0.136. The summed E-state index contributed by atoms with van der Waals surface area (Å²) >= 11 is 6.13. The zero-order valence-corrected chi connectivity index (χ0v) is 15.1. The number of sulfonamides is 1. The molecule has 1 aromatic carbocycles. The molecule has 138 valence electrons. The van der Waals surface area contributed by atoms with Crippen LogP contribution < -0.4 is 14.9 Å². The number of benzene rings is 1. The minimum atomic E-state index is -3.32. The summed E-state index contributed by atoms with van der Waals surface area (Å²) < 4.78 is 30.2. The molecule has 10 heteroatoms. The summed E-state index contributed by atoms with van der Waals surface area (Å²) in [6, 6.07) is 7.78. The third-order valence-electron chi connectivity index (χ3n) is 3.80. The van der Waals surface area contributed by atoms with Crippen LogP contribution in [-0.4, -0.2) is 32.5 Å². The number of carbonyl (C=O) groups excluding carboxylic acids is 2. The minimum Gasteiger partial charge on any atom is -0.467 e. The van der Waals surface area contributed by atoms with Crippen LogP contribution in [0.3, 0.4) is 0 Å². The van der Waals surface area contributed by atoms with Crippen molar-refractivity contribution in [3.8, 4) is 0 Å². The highest BCUT2D eigenvalue weighted by Gasteiger charge is 2.28. The Balaban J connectivity index is 1.64. The van der Waals surface area contributed by atoms with Crippen molar-refractivity contribution in [2.45, 2.75) is 13.0 Å². The fourth-order valence-corrected chi connectivity index (χ4v) is 4.31.